The van der Waals surface area contributed by atoms with E-state index in [1.807, 2.05) is 0 Å². The molecular formula is C22H16Cl2N2O4. The third-order valence-corrected chi connectivity index (χ3v) is 4.80. The van der Waals surface area contributed by atoms with Crippen LogP contribution in [0.1, 0.15) is 32.0 Å². The molecule has 8 heteroatoms. The van der Waals surface area contributed by atoms with Crippen molar-refractivity contribution in [3.63, 3.8) is 0 Å². The molecule has 2 aromatic carbocycles. The summed E-state index contributed by atoms with van der Waals surface area (Å²) in [6.45, 7) is 1.08. The minimum Gasteiger partial charge on any atom is -0.452 e. The summed E-state index contributed by atoms with van der Waals surface area (Å²) in [7, 11) is 0. The van der Waals surface area contributed by atoms with E-state index in [4.69, 9.17) is 27.9 Å². The van der Waals surface area contributed by atoms with Crippen molar-refractivity contribution >= 4 is 46.7 Å². The Labute approximate surface area is 182 Å². The lowest BCUT2D eigenvalue weighted by Gasteiger charge is -2.10. The van der Waals surface area contributed by atoms with Crippen molar-refractivity contribution < 1.29 is 19.1 Å². The third kappa shape index (κ3) is 5.03. The molecule has 0 aliphatic carbocycles. The van der Waals surface area contributed by atoms with E-state index < -0.39 is 18.5 Å². The molecule has 1 heterocycles. The molecule has 0 spiro atoms. The van der Waals surface area contributed by atoms with Crippen molar-refractivity contribution in [1.82, 2.24) is 4.98 Å². The van der Waals surface area contributed by atoms with Gasteiger partial charge in [0.2, 0.25) is 0 Å². The maximum absolute atomic E-state index is 12.7. The van der Waals surface area contributed by atoms with Crippen LogP contribution in [0.25, 0.3) is 0 Å². The molecule has 0 aliphatic heterocycles. The number of nitrogens with zero attached hydrogens (tertiary/aromatic N) is 1. The highest BCUT2D eigenvalue weighted by Crippen LogP contribution is 2.25. The molecule has 3 rings (SSSR count). The molecule has 0 aliphatic rings. The second-order valence-electron chi connectivity index (χ2n) is 6.25. The Hall–Kier alpha value is -3.22. The average Bonchev–Trinajstić information content (AvgIpc) is 2.76. The van der Waals surface area contributed by atoms with Crippen LogP contribution in [0.15, 0.2) is 60.7 Å². The fraction of sp³-hybridized carbons (Fsp3) is 0.0909. The Morgan fingerprint density at radius 1 is 0.933 bits per heavy atom. The highest BCUT2D eigenvalue weighted by molar-refractivity contribution is 6.36. The molecule has 0 unspecified atom stereocenters. The molecule has 0 fully saturated rings. The van der Waals surface area contributed by atoms with Gasteiger partial charge in [0, 0.05) is 11.1 Å². The van der Waals surface area contributed by atoms with Gasteiger partial charge in [0.05, 0.1) is 21.3 Å². The van der Waals surface area contributed by atoms with E-state index in [0.717, 1.165) is 0 Å². The zero-order chi connectivity index (χ0) is 21.7. The van der Waals surface area contributed by atoms with E-state index >= 15 is 0 Å². The van der Waals surface area contributed by atoms with Crippen LogP contribution in [0, 0.1) is 6.92 Å². The fourth-order valence-electron chi connectivity index (χ4n) is 2.63. The van der Waals surface area contributed by atoms with Gasteiger partial charge in [-0.05, 0) is 19.1 Å². The molecule has 0 atom stereocenters. The molecule has 30 heavy (non-hydrogen) atoms. The summed E-state index contributed by atoms with van der Waals surface area (Å²) in [5.41, 5.74) is 1.18. The molecule has 1 aromatic heterocycles. The topological polar surface area (TPSA) is 85.4 Å². The van der Waals surface area contributed by atoms with Crippen LogP contribution in [0.3, 0.4) is 0 Å². The number of carbonyl (C=O) groups is 3. The number of rotatable bonds is 6. The standard InChI is InChI=1S/C22H16Cl2N2O4/c1-13-17(23)11-18(24)21(25-13)26-19(27)12-30-22(29)16-10-6-5-9-15(16)20(28)14-7-3-2-4-8-14/h2-11H,12H2,1H3,(H,25,26,27). The van der Waals surface area contributed by atoms with Crippen LogP contribution in [0.2, 0.25) is 10.0 Å². The Balaban J connectivity index is 1.69. The van der Waals surface area contributed by atoms with Gasteiger partial charge >= 0.3 is 5.97 Å². The summed E-state index contributed by atoms with van der Waals surface area (Å²) in [5.74, 6) is -1.64. The third-order valence-electron chi connectivity index (χ3n) is 4.12. The number of aromatic nitrogens is 1. The fourth-order valence-corrected chi connectivity index (χ4v) is 3.03. The first-order valence-electron chi connectivity index (χ1n) is 8.85. The van der Waals surface area contributed by atoms with E-state index in [9.17, 15) is 14.4 Å². The normalized spacial score (nSPS) is 10.4. The predicted octanol–water partition coefficient (Wildman–Crippen LogP) is 4.72. The van der Waals surface area contributed by atoms with E-state index in [0.29, 0.717) is 16.3 Å². The number of anilines is 1. The number of amides is 1. The van der Waals surface area contributed by atoms with Crippen molar-refractivity contribution in [3.05, 3.63) is 93.1 Å². The van der Waals surface area contributed by atoms with Gasteiger partial charge in [-0.15, -0.1) is 0 Å². The largest absolute Gasteiger partial charge is 0.452 e. The Morgan fingerprint density at radius 2 is 1.57 bits per heavy atom. The van der Waals surface area contributed by atoms with Crippen LogP contribution in [-0.4, -0.2) is 29.3 Å². The molecular weight excluding hydrogens is 427 g/mol. The van der Waals surface area contributed by atoms with Gasteiger partial charge < -0.3 is 10.1 Å². The van der Waals surface area contributed by atoms with E-state index in [1.165, 1.54) is 18.2 Å². The average molecular weight is 443 g/mol. The summed E-state index contributed by atoms with van der Waals surface area (Å²) in [6, 6.07) is 16.3. The number of hydrogen-bond acceptors (Lipinski definition) is 5. The molecule has 1 amide bonds. The Bertz CT molecular complexity index is 1120. The molecule has 3 aromatic rings. The number of pyridine rings is 1. The van der Waals surface area contributed by atoms with Crippen molar-refractivity contribution in [1.29, 1.82) is 0 Å². The molecule has 0 saturated heterocycles. The maximum atomic E-state index is 12.7. The SMILES string of the molecule is Cc1nc(NC(=O)COC(=O)c2ccccc2C(=O)c2ccccc2)c(Cl)cc1Cl. The molecule has 152 valence electrons. The number of halogens is 2. The number of esters is 1. The molecule has 0 bridgehead atoms. The van der Waals surface area contributed by atoms with Crippen LogP contribution >= 0.6 is 23.2 Å². The number of hydrogen-bond donors (Lipinski definition) is 1. The Kier molecular flexibility index (Phi) is 6.82. The lowest BCUT2D eigenvalue weighted by molar-refractivity contribution is -0.119. The highest BCUT2D eigenvalue weighted by Gasteiger charge is 2.20. The summed E-state index contributed by atoms with van der Waals surface area (Å²) < 4.78 is 5.08. The maximum Gasteiger partial charge on any atom is 0.339 e. The predicted molar refractivity (Wildman–Crippen MR) is 114 cm³/mol. The van der Waals surface area contributed by atoms with Gasteiger partial charge in [-0.2, -0.15) is 0 Å². The van der Waals surface area contributed by atoms with Crippen LogP contribution in [0.5, 0.6) is 0 Å². The smallest absolute Gasteiger partial charge is 0.339 e. The molecule has 1 N–H and O–H groups in total. The van der Waals surface area contributed by atoms with Gasteiger partial charge in [0.25, 0.3) is 5.91 Å². The van der Waals surface area contributed by atoms with E-state index in [2.05, 4.69) is 10.3 Å². The first kappa shape index (κ1) is 21.5. The lowest BCUT2D eigenvalue weighted by Crippen LogP contribution is -2.22. The van der Waals surface area contributed by atoms with E-state index in [1.54, 1.807) is 49.4 Å². The molecule has 0 radical (unpaired) electrons. The first-order valence-corrected chi connectivity index (χ1v) is 9.61. The minimum absolute atomic E-state index is 0.0673. The van der Waals surface area contributed by atoms with E-state index in [-0.39, 0.29) is 27.8 Å². The lowest BCUT2D eigenvalue weighted by atomic mass is 9.98. The van der Waals surface area contributed by atoms with Crippen molar-refractivity contribution in [3.8, 4) is 0 Å². The Morgan fingerprint density at radius 3 is 2.27 bits per heavy atom. The second-order valence-corrected chi connectivity index (χ2v) is 7.07. The molecule has 0 saturated carbocycles. The van der Waals surface area contributed by atoms with Crippen molar-refractivity contribution in [2.24, 2.45) is 0 Å². The number of ether oxygens (including phenoxy) is 1. The monoisotopic (exact) mass is 442 g/mol. The van der Waals surface area contributed by atoms with Crippen molar-refractivity contribution in [2.75, 3.05) is 11.9 Å². The highest BCUT2D eigenvalue weighted by atomic mass is 35.5. The minimum atomic E-state index is -0.795. The van der Waals surface area contributed by atoms with Gasteiger partial charge in [-0.25, -0.2) is 9.78 Å². The number of aryl methyl sites for hydroxylation is 1. The van der Waals surface area contributed by atoms with Crippen LogP contribution < -0.4 is 5.32 Å². The second kappa shape index (κ2) is 9.52. The number of nitrogens with one attached hydrogen (secondary N) is 1. The number of ketones is 1. The summed E-state index contributed by atoms with van der Waals surface area (Å²) in [5, 5.41) is 2.98. The van der Waals surface area contributed by atoms with Gasteiger partial charge in [-0.1, -0.05) is 71.7 Å². The first-order chi connectivity index (χ1) is 14.4. The van der Waals surface area contributed by atoms with Gasteiger partial charge in [0.15, 0.2) is 18.2 Å². The zero-order valence-corrected chi connectivity index (χ0v) is 17.3. The zero-order valence-electron chi connectivity index (χ0n) is 15.8. The van der Waals surface area contributed by atoms with Gasteiger partial charge in [0.1, 0.15) is 0 Å². The summed E-state index contributed by atoms with van der Waals surface area (Å²) >= 11 is 11.9. The molecule has 6 nitrogen and oxygen atoms in total. The quantitative estimate of drug-likeness (QED) is 0.440. The summed E-state index contributed by atoms with van der Waals surface area (Å²) in [4.78, 5) is 41.5. The van der Waals surface area contributed by atoms with Crippen LogP contribution in [-0.2, 0) is 9.53 Å². The van der Waals surface area contributed by atoms with Crippen LogP contribution in [0.4, 0.5) is 5.82 Å². The number of carbonyl (C=O) groups excluding carboxylic acids is 3. The number of benzene rings is 2. The van der Waals surface area contributed by atoms with Crippen molar-refractivity contribution in [2.45, 2.75) is 6.92 Å². The summed E-state index contributed by atoms with van der Waals surface area (Å²) in [6.07, 6.45) is 0. The van der Waals surface area contributed by atoms with Gasteiger partial charge in [-0.3, -0.25) is 9.59 Å².